The van der Waals surface area contributed by atoms with Gasteiger partial charge in [0.25, 0.3) is 17.9 Å². The van der Waals surface area contributed by atoms with Crippen molar-refractivity contribution in [2.24, 2.45) is 17.3 Å². The quantitative estimate of drug-likeness (QED) is 0.00803. The number of aliphatic hydroxyl groups is 6. The lowest BCUT2D eigenvalue weighted by Crippen LogP contribution is -2.82. The van der Waals surface area contributed by atoms with Gasteiger partial charge in [-0.15, -0.1) is 5.10 Å². The molecule has 6 aliphatic heterocycles. The highest BCUT2D eigenvalue weighted by molar-refractivity contribution is 8.76. The fourth-order valence-corrected chi connectivity index (χ4v) is 21.2. The van der Waals surface area contributed by atoms with Crippen molar-refractivity contribution in [1.82, 2.24) is 60.9 Å². The van der Waals surface area contributed by atoms with Crippen LogP contribution in [0, 0.1) is 24.2 Å². The van der Waals surface area contributed by atoms with E-state index in [1.54, 1.807) is 44.5 Å². The lowest BCUT2D eigenvalue weighted by Gasteiger charge is -2.63. The fraction of sp³-hybridized carbons (Fsp3) is 0.544. The number of nitrogens with one attached hydrogen (secondary N) is 4. The number of aromatic amines is 1. The Hall–Kier alpha value is -8.78. The molecule has 604 valence electrons. The molecule has 3 saturated heterocycles. The predicted molar refractivity (Wildman–Crippen MR) is 413 cm³/mol. The van der Waals surface area contributed by atoms with Gasteiger partial charge in [0, 0.05) is 110 Å². The number of carbonyl (C=O) groups is 6. The summed E-state index contributed by atoms with van der Waals surface area (Å²) in [6, 6.07) is 18.0. The number of hydrazine groups is 1. The lowest BCUT2D eigenvalue weighted by molar-refractivity contribution is -0.294. The summed E-state index contributed by atoms with van der Waals surface area (Å²) in [6.07, 6.45) is -0.232. The van der Waals surface area contributed by atoms with Gasteiger partial charge in [0.05, 0.1) is 60.8 Å². The Morgan fingerprint density at radius 3 is 2.47 bits per heavy atom. The molecule has 0 radical (unpaired) electrons. The average molecular weight is 1600 g/mol. The zero-order valence-corrected chi connectivity index (χ0v) is 65.2. The van der Waals surface area contributed by atoms with Gasteiger partial charge in [0.15, 0.2) is 34.9 Å². The van der Waals surface area contributed by atoms with E-state index in [1.165, 1.54) is 43.6 Å². The number of aryl methyl sites for hydroxylation is 3. The molecular weight excluding hydrogens is 1500 g/mol. The Morgan fingerprint density at radius 1 is 0.903 bits per heavy atom. The third kappa shape index (κ3) is 15.3. The van der Waals surface area contributed by atoms with Crippen LogP contribution in [0.3, 0.4) is 0 Å². The zero-order chi connectivity index (χ0) is 79.9. The number of aromatic nitrogens is 7. The van der Waals surface area contributed by atoms with Gasteiger partial charge in [-0.25, -0.2) is 34.6 Å². The largest absolute Gasteiger partial charge is 0.496 e. The normalized spacial score (nSPS) is 29.7. The molecule has 32 nitrogen and oxygen atoms in total. The molecule has 3 amide bonds. The number of aliphatic carboxylic acids is 1. The van der Waals surface area contributed by atoms with Crippen LogP contribution in [0.2, 0.25) is 0 Å². The number of likely N-dealkylation sites (N-methyl/N-ethyl adjacent to an activating group) is 1. The molecule has 11 N–H and O–H groups in total. The molecule has 1 spiro atoms. The number of nitrogens with zero attached hydrogens (tertiary/aromatic N) is 9. The molecule has 14 rings (SSSR count). The first-order valence-corrected chi connectivity index (χ1v) is 40.9. The Kier molecular flexibility index (Phi) is 23.7. The van der Waals surface area contributed by atoms with Gasteiger partial charge in [0.1, 0.15) is 49.2 Å². The van der Waals surface area contributed by atoms with Gasteiger partial charge >= 0.3 is 12.1 Å². The van der Waals surface area contributed by atoms with E-state index >= 15 is 4.79 Å². The molecule has 3 aromatic carbocycles. The van der Waals surface area contributed by atoms with Crippen molar-refractivity contribution < 1.29 is 88.2 Å². The summed E-state index contributed by atoms with van der Waals surface area (Å²) >= 11 is 0. The van der Waals surface area contributed by atoms with Crippen LogP contribution in [0.1, 0.15) is 114 Å². The van der Waals surface area contributed by atoms with E-state index in [0.29, 0.717) is 124 Å². The maximum atomic E-state index is 15.3. The number of carboxylic acids is 1. The van der Waals surface area contributed by atoms with Crippen molar-refractivity contribution in [2.75, 3.05) is 89.7 Å². The van der Waals surface area contributed by atoms with Crippen LogP contribution >= 0.6 is 21.6 Å². The number of benzene rings is 3. The number of H-pyrrole nitrogens is 1. The van der Waals surface area contributed by atoms with Crippen molar-refractivity contribution in [3.05, 3.63) is 152 Å². The number of carboxylic acid groups (broad SMARTS) is 1. The number of fused-ring (bicyclic) bond motifs is 6. The third-order valence-electron chi connectivity index (χ3n) is 24.6. The first-order valence-electron chi connectivity index (χ1n) is 38.4. The predicted octanol–water partition coefficient (Wildman–Crippen LogP) is 2.58. The average Bonchev–Trinajstić information content (AvgIpc) is 1.47. The summed E-state index contributed by atoms with van der Waals surface area (Å²) in [5.74, 6) is -2.78. The number of methoxy groups -OCH3 is 1. The summed E-state index contributed by atoms with van der Waals surface area (Å²) in [5, 5.41) is 90.5. The number of anilines is 1. The maximum Gasteiger partial charge on any atom is 0.426 e. The summed E-state index contributed by atoms with van der Waals surface area (Å²) in [6.45, 7) is 9.08. The van der Waals surface area contributed by atoms with Crippen LogP contribution in [-0.4, -0.2) is 261 Å². The fourth-order valence-electron chi connectivity index (χ4n) is 19.5. The van der Waals surface area contributed by atoms with Gasteiger partial charge in [-0.2, -0.15) is 0 Å². The minimum absolute atomic E-state index is 0.00240. The molecule has 16 atom stereocenters. The monoisotopic (exact) mass is 1600 g/mol. The van der Waals surface area contributed by atoms with Crippen molar-refractivity contribution in [3.8, 4) is 5.75 Å². The molecular formula is C79H97N13O19S2. The first kappa shape index (κ1) is 80.8. The van der Waals surface area contributed by atoms with Gasteiger partial charge in [-0.3, -0.25) is 39.2 Å². The highest BCUT2D eigenvalue weighted by Crippen LogP contribution is 2.68. The van der Waals surface area contributed by atoms with Crippen LogP contribution in [-0.2, 0) is 81.2 Å². The number of amides is 3. The Morgan fingerprint density at radius 2 is 1.70 bits per heavy atom. The number of ether oxygens (including phenoxy) is 5. The van der Waals surface area contributed by atoms with Crippen LogP contribution < -0.4 is 31.4 Å². The van der Waals surface area contributed by atoms with E-state index in [4.69, 9.17) is 23.7 Å². The summed E-state index contributed by atoms with van der Waals surface area (Å²) in [7, 11) is 6.14. The van der Waals surface area contributed by atoms with E-state index in [-0.39, 0.29) is 79.9 Å². The van der Waals surface area contributed by atoms with E-state index in [2.05, 4.69) is 80.5 Å². The number of piperidine rings is 1. The van der Waals surface area contributed by atoms with Crippen LogP contribution in [0.25, 0.3) is 16.7 Å². The molecule has 3 aromatic heterocycles. The molecule has 9 heterocycles. The summed E-state index contributed by atoms with van der Waals surface area (Å²) in [5.41, 5.74) is 7.12. The van der Waals surface area contributed by atoms with Crippen molar-refractivity contribution in [3.63, 3.8) is 0 Å². The highest BCUT2D eigenvalue weighted by Gasteiger charge is 2.79. The van der Waals surface area contributed by atoms with Gasteiger partial charge in [-0.05, 0) is 117 Å². The van der Waals surface area contributed by atoms with Crippen molar-refractivity contribution in [2.45, 2.75) is 169 Å². The molecule has 1 saturated carbocycles. The maximum absolute atomic E-state index is 15.3. The number of hydrogen-bond donors (Lipinski definition) is 11. The van der Waals surface area contributed by atoms with Gasteiger partial charge in [0.2, 0.25) is 5.91 Å². The topological polar surface area (TPSA) is 438 Å². The van der Waals surface area contributed by atoms with Crippen LogP contribution in [0.4, 0.5) is 10.5 Å². The molecule has 8 aliphatic rings. The lowest BCUT2D eigenvalue weighted by atomic mass is 9.47. The first-order chi connectivity index (χ1) is 54.3. The number of aliphatic hydroxyl groups excluding tert-OH is 4. The van der Waals surface area contributed by atoms with E-state index in [9.17, 15) is 64.5 Å². The second-order valence-electron chi connectivity index (χ2n) is 31.1. The minimum atomic E-state index is -2.59. The molecule has 3 unspecified atom stereocenters. The van der Waals surface area contributed by atoms with Crippen molar-refractivity contribution in [1.29, 1.82) is 0 Å². The Labute approximate surface area is 659 Å². The standard InChI is InChI=1S/C79H97N13O19S2/c1-6-75(105)36-46-37-77(42-108-43-93,54-32-48-11-8-9-12-52(48)53(54)19-24-90(39-46)41-75)56-34-55-57(35-59(56)107-5)89(4)71-78(55)21-25-91-23-10-20-76(7-2,70(78)91)72(102)79(71,106)73(103)86-87-74(104)110-28-30-113-112-29-22-80-66(98)49(31-51-40-92(88-85-51)26-27-109-69-63(97)61(95)62(96)64(111-69)68(100)101)33-58(94)47-16-13-45(14-17-47)15-18-50-38-81-65-60(84-50)67(99)83-44(3)82-65/h8-14,16-17,20,34-35,38,40,43,46,49,61-64,69-72,95-97,102,105-106H,6-7,15,18-19,21-33,36-37,39,41-42H2,1-5H3,(H,80,98)(H,86,103)(H,87,104)(H,100,101)(H,81,82,83,99)/t46-,49-,61+,62+,63?,64?,69-,70+,71-,72-,75+,76-,77-,78-,79+/m1/s1. The third-order valence-corrected chi connectivity index (χ3v) is 27.0. The number of Topliss-reactive ketones (excluding diaryl/α,β-unsaturated/α-hetero) is 1. The summed E-state index contributed by atoms with van der Waals surface area (Å²) < 4.78 is 30.3. The van der Waals surface area contributed by atoms with Crippen LogP contribution in [0.5, 0.6) is 5.75 Å². The number of ketones is 1. The van der Waals surface area contributed by atoms with Crippen LogP contribution in [0.15, 0.2) is 95.6 Å². The minimum Gasteiger partial charge on any atom is -0.496 e. The molecule has 2 bridgehead atoms. The Bertz CT molecular complexity index is 4730. The smallest absolute Gasteiger partial charge is 0.426 e. The number of carbonyl (C=O) groups excluding carboxylic acids is 5. The molecule has 34 heteroatoms. The van der Waals surface area contributed by atoms with Gasteiger partial charge in [-0.1, -0.05) is 101 Å². The second-order valence-corrected chi connectivity index (χ2v) is 33.8. The summed E-state index contributed by atoms with van der Waals surface area (Å²) in [4.78, 5) is 116. The Balaban J connectivity index is 0.622. The number of hydrogen-bond acceptors (Lipinski definition) is 28. The molecule has 4 fully saturated rings. The molecule has 6 aromatic rings. The highest BCUT2D eigenvalue weighted by atomic mass is 33.1. The SMILES string of the molecule is CC[C@]1(O)C[C@H]2CN(CCC3=C(Cc4ccccc43)[C@@](COC=O)(c3cc4c(cc3OC)N(C)[C@H]3[C@@](O)(C(=O)NNC(=O)OCCSSCCNC(=O)[C@@H](CC(=O)c5ccc(CCc6cnc7nc(C)[nH]c(=O)c7n6)cc5)Cc5cn(CCO[C@@H]6OC(C(=O)O)[C@@H](O)[C@H](O)C6O)nn5)[C@H](O)[C@]5(CC)C=CCN6CC[C@]43[C@@H]65)C2)C1. The number of rotatable bonds is 29. The molecule has 113 heavy (non-hydrogen) atoms. The second kappa shape index (κ2) is 33.2. The van der Waals surface area contributed by atoms with E-state index < -0.39 is 106 Å². The zero-order valence-electron chi connectivity index (χ0n) is 63.6. The van der Waals surface area contributed by atoms with E-state index in [1.807, 2.05) is 50.1 Å². The van der Waals surface area contributed by atoms with E-state index in [0.717, 1.165) is 40.9 Å². The molecule has 2 aliphatic carbocycles. The van der Waals surface area contributed by atoms with Crippen molar-refractivity contribution >= 4 is 80.1 Å². The van der Waals surface area contributed by atoms with Gasteiger partial charge < -0.3 is 74.6 Å².